The molecule has 170 valence electrons. The van der Waals surface area contributed by atoms with Crippen LogP contribution in [0.4, 0.5) is 13.2 Å². The van der Waals surface area contributed by atoms with Gasteiger partial charge in [0.1, 0.15) is 5.75 Å². The molecule has 2 aromatic rings. The van der Waals surface area contributed by atoms with Crippen molar-refractivity contribution in [3.63, 3.8) is 0 Å². The van der Waals surface area contributed by atoms with Crippen LogP contribution in [0.3, 0.4) is 0 Å². The van der Waals surface area contributed by atoms with Crippen molar-refractivity contribution in [2.75, 3.05) is 26.7 Å². The quantitative estimate of drug-likeness (QED) is 0.661. The Bertz CT molecular complexity index is 955. The molecule has 9 heteroatoms. The van der Waals surface area contributed by atoms with Crippen molar-refractivity contribution in [3.8, 4) is 5.75 Å². The summed E-state index contributed by atoms with van der Waals surface area (Å²) in [5.41, 5.74) is -0.00932. The fourth-order valence-electron chi connectivity index (χ4n) is 3.88. The number of rotatable bonds is 7. The zero-order valence-electron chi connectivity index (χ0n) is 17.4. The van der Waals surface area contributed by atoms with E-state index in [1.165, 1.54) is 0 Å². The molecule has 1 fully saturated rings. The number of methoxy groups -OCH3 is 1. The van der Waals surface area contributed by atoms with Crippen molar-refractivity contribution in [1.29, 1.82) is 0 Å². The highest BCUT2D eigenvalue weighted by molar-refractivity contribution is 7.89. The standard InChI is InChI=1S/C22H27F3N2O3S/c1-30-21-9-5-4-8-19(21)20(27-14-6-2-3-7-15-27)16-26-31(28,29)18-12-10-17(11-13-18)22(23,24)25/h4-5,8-13,20,26H,2-3,6-7,14-16H2,1H3. The molecular weight excluding hydrogens is 429 g/mol. The zero-order valence-corrected chi connectivity index (χ0v) is 18.2. The van der Waals surface area contributed by atoms with E-state index in [2.05, 4.69) is 9.62 Å². The maximum Gasteiger partial charge on any atom is 0.416 e. The first-order chi connectivity index (χ1) is 14.7. The van der Waals surface area contributed by atoms with Crippen LogP contribution in [0.1, 0.15) is 42.9 Å². The van der Waals surface area contributed by atoms with Crippen molar-refractivity contribution in [2.45, 2.75) is 42.8 Å². The van der Waals surface area contributed by atoms with Gasteiger partial charge in [0.05, 0.1) is 23.6 Å². The number of likely N-dealkylation sites (tertiary alicyclic amines) is 1. The molecule has 3 rings (SSSR count). The second-order valence-corrected chi connectivity index (χ2v) is 9.35. The summed E-state index contributed by atoms with van der Waals surface area (Å²) in [5, 5.41) is 0. The van der Waals surface area contributed by atoms with Gasteiger partial charge in [-0.3, -0.25) is 4.90 Å². The largest absolute Gasteiger partial charge is 0.496 e. The normalized spacial score (nSPS) is 17.2. The second kappa shape index (κ2) is 10.0. The predicted octanol–water partition coefficient (Wildman–Crippen LogP) is 4.61. The van der Waals surface area contributed by atoms with Crippen molar-refractivity contribution < 1.29 is 26.3 Å². The van der Waals surface area contributed by atoms with E-state index < -0.39 is 21.8 Å². The molecule has 0 amide bonds. The summed E-state index contributed by atoms with van der Waals surface area (Å²) in [4.78, 5) is 2.05. The maximum absolute atomic E-state index is 12.8. The lowest BCUT2D eigenvalue weighted by Gasteiger charge is -2.32. The Balaban J connectivity index is 1.83. The van der Waals surface area contributed by atoms with E-state index in [1.807, 2.05) is 24.3 Å². The molecule has 0 radical (unpaired) electrons. The summed E-state index contributed by atoms with van der Waals surface area (Å²) in [7, 11) is -2.40. The Morgan fingerprint density at radius 2 is 1.61 bits per heavy atom. The van der Waals surface area contributed by atoms with E-state index in [4.69, 9.17) is 4.74 Å². The summed E-state index contributed by atoms with van der Waals surface area (Å²) in [6.45, 7) is 1.76. The fourth-order valence-corrected chi connectivity index (χ4v) is 4.92. The topological polar surface area (TPSA) is 58.6 Å². The van der Waals surface area contributed by atoms with E-state index in [1.54, 1.807) is 7.11 Å². The Hall–Kier alpha value is -2.10. The first-order valence-corrected chi connectivity index (χ1v) is 11.7. The van der Waals surface area contributed by atoms with Gasteiger partial charge in [-0.25, -0.2) is 13.1 Å². The number of alkyl halides is 3. The van der Waals surface area contributed by atoms with Crippen molar-refractivity contribution in [3.05, 3.63) is 59.7 Å². The number of hydrogen-bond donors (Lipinski definition) is 1. The lowest BCUT2D eigenvalue weighted by atomic mass is 10.0. The number of benzene rings is 2. The average Bonchev–Trinajstić information content (AvgIpc) is 3.03. The molecule has 31 heavy (non-hydrogen) atoms. The summed E-state index contributed by atoms with van der Waals surface area (Å²) in [6.07, 6.45) is -0.203. The minimum Gasteiger partial charge on any atom is -0.496 e. The molecule has 1 atom stereocenters. The van der Waals surface area contributed by atoms with Crippen LogP contribution in [0.5, 0.6) is 5.75 Å². The average molecular weight is 457 g/mol. The van der Waals surface area contributed by atoms with Gasteiger partial charge in [-0.2, -0.15) is 13.2 Å². The molecule has 0 aliphatic carbocycles. The van der Waals surface area contributed by atoms with Gasteiger partial charge >= 0.3 is 6.18 Å². The van der Waals surface area contributed by atoms with E-state index in [0.29, 0.717) is 5.75 Å². The molecule has 1 N–H and O–H groups in total. The van der Waals surface area contributed by atoms with E-state index in [9.17, 15) is 21.6 Å². The molecule has 0 aromatic heterocycles. The number of hydrogen-bond acceptors (Lipinski definition) is 4. The lowest BCUT2D eigenvalue weighted by Crippen LogP contribution is -2.38. The van der Waals surface area contributed by atoms with Crippen LogP contribution < -0.4 is 9.46 Å². The van der Waals surface area contributed by atoms with Gasteiger partial charge in [0.2, 0.25) is 10.0 Å². The molecule has 0 spiro atoms. The Morgan fingerprint density at radius 1 is 1.00 bits per heavy atom. The number of para-hydroxylation sites is 1. The van der Waals surface area contributed by atoms with Crippen molar-refractivity contribution in [1.82, 2.24) is 9.62 Å². The van der Waals surface area contributed by atoms with Crippen LogP contribution in [0, 0.1) is 0 Å². The minimum absolute atomic E-state index is 0.0870. The Morgan fingerprint density at radius 3 is 2.19 bits per heavy atom. The maximum atomic E-state index is 12.8. The minimum atomic E-state index is -4.52. The lowest BCUT2D eigenvalue weighted by molar-refractivity contribution is -0.137. The summed E-state index contributed by atoms with van der Waals surface area (Å²) < 4.78 is 72.0. The highest BCUT2D eigenvalue weighted by Crippen LogP contribution is 2.32. The van der Waals surface area contributed by atoms with Crippen LogP contribution in [0.2, 0.25) is 0 Å². The molecular formula is C22H27F3N2O3S. The molecule has 5 nitrogen and oxygen atoms in total. The molecule has 1 aliphatic heterocycles. The molecule has 1 aliphatic rings. The third-order valence-electron chi connectivity index (χ3n) is 5.54. The van der Waals surface area contributed by atoms with Gasteiger partial charge in [0.25, 0.3) is 0 Å². The van der Waals surface area contributed by atoms with Crippen LogP contribution in [0.25, 0.3) is 0 Å². The molecule has 1 unspecified atom stereocenters. The van der Waals surface area contributed by atoms with Gasteiger partial charge in [-0.05, 0) is 56.3 Å². The fraction of sp³-hybridized carbons (Fsp3) is 0.455. The second-order valence-electron chi connectivity index (χ2n) is 7.58. The van der Waals surface area contributed by atoms with Gasteiger partial charge in [0, 0.05) is 12.1 Å². The molecule has 0 saturated carbocycles. The van der Waals surface area contributed by atoms with E-state index in [0.717, 1.165) is 68.6 Å². The Labute approximate surface area is 181 Å². The third-order valence-corrected chi connectivity index (χ3v) is 6.98. The van der Waals surface area contributed by atoms with Crippen LogP contribution in [-0.4, -0.2) is 40.1 Å². The van der Waals surface area contributed by atoms with Crippen LogP contribution in [0.15, 0.2) is 53.4 Å². The summed E-state index contributed by atoms with van der Waals surface area (Å²) in [6, 6.07) is 10.8. The van der Waals surface area contributed by atoms with Gasteiger partial charge in [0.15, 0.2) is 0 Å². The first kappa shape index (κ1) is 23.6. The van der Waals surface area contributed by atoms with Gasteiger partial charge < -0.3 is 4.74 Å². The number of halogens is 3. The SMILES string of the molecule is COc1ccccc1C(CNS(=O)(=O)c1ccc(C(F)(F)F)cc1)N1CCCCCC1. The smallest absolute Gasteiger partial charge is 0.416 e. The van der Waals surface area contributed by atoms with Crippen molar-refractivity contribution in [2.24, 2.45) is 0 Å². The first-order valence-electron chi connectivity index (χ1n) is 10.3. The van der Waals surface area contributed by atoms with Gasteiger partial charge in [-0.15, -0.1) is 0 Å². The Kier molecular flexibility index (Phi) is 7.61. The highest BCUT2D eigenvalue weighted by Gasteiger charge is 2.31. The van der Waals surface area contributed by atoms with E-state index >= 15 is 0 Å². The van der Waals surface area contributed by atoms with Crippen LogP contribution in [-0.2, 0) is 16.2 Å². The molecule has 1 saturated heterocycles. The molecule has 1 heterocycles. The van der Waals surface area contributed by atoms with Crippen molar-refractivity contribution >= 4 is 10.0 Å². The third kappa shape index (κ3) is 5.99. The number of ether oxygens (including phenoxy) is 1. The summed E-state index contributed by atoms with van der Waals surface area (Å²) >= 11 is 0. The molecule has 2 aromatic carbocycles. The summed E-state index contributed by atoms with van der Waals surface area (Å²) in [5.74, 6) is 0.672. The highest BCUT2D eigenvalue weighted by atomic mass is 32.2. The van der Waals surface area contributed by atoms with Crippen LogP contribution >= 0.6 is 0 Å². The number of sulfonamides is 1. The predicted molar refractivity (Wildman–Crippen MR) is 112 cm³/mol. The zero-order chi connectivity index (χ0) is 22.5. The van der Waals surface area contributed by atoms with E-state index in [-0.39, 0.29) is 17.5 Å². The monoisotopic (exact) mass is 456 g/mol. The molecule has 0 bridgehead atoms. The number of nitrogens with zero attached hydrogens (tertiary/aromatic N) is 1. The number of nitrogens with one attached hydrogen (secondary N) is 1. The van der Waals surface area contributed by atoms with Gasteiger partial charge in [-0.1, -0.05) is 31.0 Å².